The minimum atomic E-state index is -0.316. The molecule has 0 bridgehead atoms. The van der Waals surface area contributed by atoms with Crippen molar-refractivity contribution in [1.82, 2.24) is 15.3 Å². The number of nitrogen functional groups attached to an aromatic ring is 1. The second-order valence-corrected chi connectivity index (χ2v) is 7.22. The van der Waals surface area contributed by atoms with E-state index < -0.39 is 0 Å². The molecular weight excluding hydrogens is 428 g/mol. The van der Waals surface area contributed by atoms with Crippen LogP contribution in [-0.2, 0) is 6.54 Å². The van der Waals surface area contributed by atoms with Gasteiger partial charge in [0, 0.05) is 29.8 Å². The highest BCUT2D eigenvalue weighted by atomic mass is 16.5. The summed E-state index contributed by atoms with van der Waals surface area (Å²) >= 11 is 0. The average molecular weight is 457 g/mol. The maximum Gasteiger partial charge on any atom is 0.256 e. The minimum Gasteiger partial charge on any atom is -0.497 e. The van der Waals surface area contributed by atoms with Crippen molar-refractivity contribution in [2.45, 2.75) is 13.5 Å². The first-order valence-corrected chi connectivity index (χ1v) is 10.7. The lowest BCUT2D eigenvalue weighted by Gasteiger charge is -2.14. The Balaban J connectivity index is 1.86. The lowest BCUT2D eigenvalue weighted by atomic mass is 10.2. The molecule has 0 radical (unpaired) electrons. The highest BCUT2D eigenvalue weighted by Gasteiger charge is 2.16. The van der Waals surface area contributed by atoms with E-state index in [9.17, 15) is 4.79 Å². The van der Waals surface area contributed by atoms with Gasteiger partial charge in [-0.05, 0) is 55.0 Å². The molecule has 8 nitrogen and oxygen atoms in total. The Bertz CT molecular complexity index is 1200. The summed E-state index contributed by atoms with van der Waals surface area (Å²) in [6.07, 6.45) is 8.69. The van der Waals surface area contributed by atoms with E-state index in [-0.39, 0.29) is 5.91 Å². The fourth-order valence-corrected chi connectivity index (χ4v) is 3.05. The van der Waals surface area contributed by atoms with Crippen molar-refractivity contribution < 1.29 is 9.53 Å². The topological polar surface area (TPSA) is 114 Å². The van der Waals surface area contributed by atoms with E-state index in [1.54, 1.807) is 31.4 Å². The molecule has 5 N–H and O–H groups in total. The first-order chi connectivity index (χ1) is 16.5. The maximum atomic E-state index is 13.0. The quantitative estimate of drug-likeness (QED) is 0.256. The van der Waals surface area contributed by atoms with Crippen LogP contribution >= 0.6 is 0 Å². The molecule has 2 aromatic carbocycles. The summed E-state index contributed by atoms with van der Waals surface area (Å²) in [6, 6.07) is 14.7. The van der Waals surface area contributed by atoms with Gasteiger partial charge in [-0.25, -0.2) is 4.98 Å². The van der Waals surface area contributed by atoms with Crippen molar-refractivity contribution in [3.8, 4) is 5.75 Å². The molecule has 174 valence electrons. The number of nitrogens with two attached hydrogens (primary N) is 1. The first-order valence-electron chi connectivity index (χ1n) is 10.7. The normalized spacial score (nSPS) is 11.2. The van der Waals surface area contributed by atoms with Crippen molar-refractivity contribution in [3.05, 3.63) is 102 Å². The summed E-state index contributed by atoms with van der Waals surface area (Å²) in [7, 11) is 1.61. The number of hydrogen-bond donors (Lipinski definition) is 4. The number of carbonyl (C=O) groups is 1. The molecule has 34 heavy (non-hydrogen) atoms. The molecule has 0 aliphatic heterocycles. The van der Waals surface area contributed by atoms with Crippen molar-refractivity contribution >= 4 is 29.0 Å². The summed E-state index contributed by atoms with van der Waals surface area (Å²) in [4.78, 5) is 21.9. The van der Waals surface area contributed by atoms with Gasteiger partial charge in [-0.1, -0.05) is 36.9 Å². The Morgan fingerprint density at radius 1 is 1.21 bits per heavy atom. The zero-order valence-corrected chi connectivity index (χ0v) is 19.2. The Morgan fingerprint density at radius 2 is 2.00 bits per heavy atom. The monoisotopic (exact) mass is 456 g/mol. The summed E-state index contributed by atoms with van der Waals surface area (Å²) in [5.74, 6) is 1.10. The fraction of sp³-hybridized carbons (Fsp3) is 0.115. The summed E-state index contributed by atoms with van der Waals surface area (Å²) in [5.41, 5.74) is 9.18. The number of nitrogens with zero attached hydrogens (tertiary/aromatic N) is 2. The number of nitrogens with one attached hydrogen (secondary N) is 3. The van der Waals surface area contributed by atoms with Crippen LogP contribution in [0.25, 0.3) is 0 Å². The van der Waals surface area contributed by atoms with Crippen molar-refractivity contribution in [2.24, 2.45) is 0 Å². The molecule has 1 heterocycles. The second-order valence-electron chi connectivity index (χ2n) is 7.22. The van der Waals surface area contributed by atoms with Gasteiger partial charge in [-0.15, -0.1) is 0 Å². The number of ether oxygens (including phenoxy) is 1. The molecule has 0 saturated heterocycles. The standard InChI is InChI=1S/C26H28N6O2/c1-4-7-20(8-5-2)31-26-29-17-23(24(32-26)30-21-10-6-9-19(27)15-21)25(33)28-16-18-11-13-22(34-3)14-12-18/h4-15,17H,1,16,27H2,2-3H3,(H,28,33)(H2,29,30,31,32)/b8-5-,20-7+. The molecule has 8 heteroatoms. The van der Waals surface area contributed by atoms with Crippen molar-refractivity contribution in [3.63, 3.8) is 0 Å². The first kappa shape index (κ1) is 24.1. The molecule has 0 unspecified atom stereocenters. The van der Waals surface area contributed by atoms with Gasteiger partial charge in [0.1, 0.15) is 17.1 Å². The molecule has 0 atom stereocenters. The number of amides is 1. The number of aromatic nitrogens is 2. The summed E-state index contributed by atoms with van der Waals surface area (Å²) in [6.45, 7) is 5.97. The van der Waals surface area contributed by atoms with Crippen LogP contribution in [0.1, 0.15) is 22.8 Å². The van der Waals surface area contributed by atoms with Gasteiger partial charge in [0.15, 0.2) is 0 Å². The molecule has 0 aliphatic carbocycles. The average Bonchev–Trinajstić information content (AvgIpc) is 2.83. The van der Waals surface area contributed by atoms with E-state index in [0.29, 0.717) is 35.2 Å². The fourth-order valence-electron chi connectivity index (χ4n) is 3.05. The zero-order chi connectivity index (χ0) is 24.3. The molecule has 1 amide bonds. The van der Waals surface area contributed by atoms with Gasteiger partial charge >= 0.3 is 0 Å². The van der Waals surface area contributed by atoms with Crippen LogP contribution in [0, 0.1) is 0 Å². The van der Waals surface area contributed by atoms with E-state index in [4.69, 9.17) is 10.5 Å². The molecule has 0 spiro atoms. The predicted molar refractivity (Wildman–Crippen MR) is 137 cm³/mol. The van der Waals surface area contributed by atoms with E-state index in [1.807, 2.05) is 55.5 Å². The Morgan fingerprint density at radius 3 is 2.68 bits per heavy atom. The highest BCUT2D eigenvalue weighted by Crippen LogP contribution is 2.22. The van der Waals surface area contributed by atoms with Gasteiger partial charge in [0.25, 0.3) is 5.91 Å². The third-order valence-electron chi connectivity index (χ3n) is 4.69. The van der Waals surface area contributed by atoms with Crippen molar-refractivity contribution in [1.29, 1.82) is 0 Å². The van der Waals surface area contributed by atoms with Gasteiger partial charge in [0.05, 0.1) is 7.11 Å². The maximum absolute atomic E-state index is 13.0. The van der Waals surface area contributed by atoms with Crippen LogP contribution in [0.2, 0.25) is 0 Å². The van der Waals surface area contributed by atoms with Crippen LogP contribution in [0.3, 0.4) is 0 Å². The predicted octanol–water partition coefficient (Wildman–Crippen LogP) is 4.80. The van der Waals surface area contributed by atoms with Crippen LogP contribution < -0.4 is 26.4 Å². The van der Waals surface area contributed by atoms with Crippen LogP contribution in [-0.4, -0.2) is 23.0 Å². The number of benzene rings is 2. The minimum absolute atomic E-state index is 0.293. The SMILES string of the molecule is C=C/C=C(\C=C/C)Nc1ncc(C(=O)NCc2ccc(OC)cc2)c(Nc2cccc(N)c2)n1. The van der Waals surface area contributed by atoms with E-state index >= 15 is 0 Å². The van der Waals surface area contributed by atoms with Crippen LogP contribution in [0.4, 0.5) is 23.1 Å². The highest BCUT2D eigenvalue weighted by molar-refractivity contribution is 5.99. The molecule has 0 aliphatic rings. The largest absolute Gasteiger partial charge is 0.497 e. The number of carbonyl (C=O) groups excluding carboxylic acids is 1. The third-order valence-corrected chi connectivity index (χ3v) is 4.69. The Hall–Kier alpha value is -4.59. The van der Waals surface area contributed by atoms with E-state index in [0.717, 1.165) is 17.0 Å². The molecular formula is C26H28N6O2. The lowest BCUT2D eigenvalue weighted by Crippen LogP contribution is -2.24. The molecule has 3 aromatic rings. The number of allylic oxidation sites excluding steroid dienone is 4. The zero-order valence-electron chi connectivity index (χ0n) is 19.2. The van der Waals surface area contributed by atoms with E-state index in [1.165, 1.54) is 6.20 Å². The van der Waals surface area contributed by atoms with Gasteiger partial charge in [-0.2, -0.15) is 4.98 Å². The van der Waals surface area contributed by atoms with Crippen LogP contribution in [0.5, 0.6) is 5.75 Å². The molecule has 0 fully saturated rings. The number of anilines is 4. The second kappa shape index (κ2) is 11.9. The number of methoxy groups -OCH3 is 1. The molecule has 3 rings (SSSR count). The number of hydrogen-bond acceptors (Lipinski definition) is 7. The summed E-state index contributed by atoms with van der Waals surface area (Å²) in [5, 5.41) is 9.22. The van der Waals surface area contributed by atoms with E-state index in [2.05, 4.69) is 32.5 Å². The summed E-state index contributed by atoms with van der Waals surface area (Å²) < 4.78 is 5.17. The lowest BCUT2D eigenvalue weighted by molar-refractivity contribution is 0.0951. The van der Waals surface area contributed by atoms with Crippen molar-refractivity contribution in [2.75, 3.05) is 23.5 Å². The van der Waals surface area contributed by atoms with Gasteiger partial charge < -0.3 is 26.4 Å². The number of rotatable bonds is 10. The van der Waals surface area contributed by atoms with Gasteiger partial charge in [-0.3, -0.25) is 4.79 Å². The smallest absolute Gasteiger partial charge is 0.256 e. The van der Waals surface area contributed by atoms with Crippen LogP contribution in [0.15, 0.2) is 91.3 Å². The Kier molecular flexibility index (Phi) is 8.40. The Labute approximate surface area is 199 Å². The molecule has 1 aromatic heterocycles. The molecule has 0 saturated carbocycles. The van der Waals surface area contributed by atoms with Gasteiger partial charge in [0.2, 0.25) is 5.95 Å². The third kappa shape index (κ3) is 6.70.